The second-order valence-corrected chi connectivity index (χ2v) is 9.58. The molecule has 1 unspecified atom stereocenters. The summed E-state index contributed by atoms with van der Waals surface area (Å²) in [7, 11) is 0. The minimum atomic E-state index is -0.799. The van der Waals surface area contributed by atoms with Gasteiger partial charge in [0.25, 0.3) is 5.91 Å². The van der Waals surface area contributed by atoms with Crippen LogP contribution in [-0.2, 0) is 11.3 Å². The van der Waals surface area contributed by atoms with Crippen molar-refractivity contribution in [3.8, 4) is 0 Å². The monoisotopic (exact) mass is 460 g/mol. The molecule has 0 aliphatic heterocycles. The number of aryl methyl sites for hydroxylation is 2. The van der Waals surface area contributed by atoms with E-state index < -0.39 is 6.04 Å². The molecule has 0 fully saturated rings. The minimum Gasteiger partial charge on any atom is -0.349 e. The molecule has 162 valence electrons. The molecule has 1 N–H and O–H groups in total. The zero-order valence-corrected chi connectivity index (χ0v) is 19.6. The van der Waals surface area contributed by atoms with E-state index in [0.29, 0.717) is 17.1 Å². The van der Waals surface area contributed by atoms with Gasteiger partial charge < -0.3 is 5.32 Å². The van der Waals surface area contributed by atoms with E-state index >= 15 is 0 Å². The van der Waals surface area contributed by atoms with Crippen molar-refractivity contribution in [1.82, 2.24) is 5.32 Å². The first-order chi connectivity index (χ1) is 15.5. The second kappa shape index (κ2) is 9.94. The van der Waals surface area contributed by atoms with Gasteiger partial charge in [-0.3, -0.25) is 14.5 Å². The average Bonchev–Trinajstić information content (AvgIpc) is 3.50. The Morgan fingerprint density at radius 1 is 0.875 bits per heavy atom. The first-order valence-electron chi connectivity index (χ1n) is 10.3. The van der Waals surface area contributed by atoms with E-state index in [2.05, 4.69) is 5.32 Å². The molecule has 1 atom stereocenters. The molecule has 0 bridgehead atoms. The largest absolute Gasteiger partial charge is 0.349 e. The van der Waals surface area contributed by atoms with Crippen LogP contribution in [0.2, 0.25) is 0 Å². The summed E-state index contributed by atoms with van der Waals surface area (Å²) in [5.74, 6) is -0.406. The summed E-state index contributed by atoms with van der Waals surface area (Å²) in [6.45, 7) is 4.41. The number of hydrogen-bond donors (Lipinski definition) is 1. The number of rotatable bonds is 7. The predicted molar refractivity (Wildman–Crippen MR) is 132 cm³/mol. The number of nitrogens with zero attached hydrogens (tertiary/aromatic N) is 1. The molecule has 0 aliphatic carbocycles. The van der Waals surface area contributed by atoms with Gasteiger partial charge in [-0.25, -0.2) is 0 Å². The highest BCUT2D eigenvalue weighted by molar-refractivity contribution is 7.12. The van der Waals surface area contributed by atoms with Crippen molar-refractivity contribution >= 4 is 40.2 Å². The molecule has 0 aliphatic rings. The van der Waals surface area contributed by atoms with E-state index in [-0.39, 0.29) is 11.8 Å². The Morgan fingerprint density at radius 2 is 1.62 bits per heavy atom. The van der Waals surface area contributed by atoms with Crippen LogP contribution in [0.3, 0.4) is 0 Å². The molecular weight excluding hydrogens is 436 g/mol. The van der Waals surface area contributed by atoms with Gasteiger partial charge in [0.05, 0.1) is 11.4 Å². The fraction of sp³-hybridized carbons (Fsp3) is 0.154. The third-order valence-electron chi connectivity index (χ3n) is 5.15. The van der Waals surface area contributed by atoms with Gasteiger partial charge in [-0.1, -0.05) is 54.1 Å². The maximum atomic E-state index is 13.7. The van der Waals surface area contributed by atoms with Gasteiger partial charge in [-0.2, -0.15) is 0 Å². The van der Waals surface area contributed by atoms with Crippen LogP contribution in [0.15, 0.2) is 83.6 Å². The molecule has 2 amide bonds. The van der Waals surface area contributed by atoms with Crippen LogP contribution in [0.5, 0.6) is 0 Å². The van der Waals surface area contributed by atoms with Crippen molar-refractivity contribution in [2.24, 2.45) is 0 Å². The summed E-state index contributed by atoms with van der Waals surface area (Å²) in [5.41, 5.74) is 3.58. The number of anilines is 1. The number of benzene rings is 2. The summed E-state index contributed by atoms with van der Waals surface area (Å²) < 4.78 is 0. The molecule has 2 aromatic carbocycles. The van der Waals surface area contributed by atoms with Crippen LogP contribution < -0.4 is 10.2 Å². The summed E-state index contributed by atoms with van der Waals surface area (Å²) in [6.07, 6.45) is 0. The van der Waals surface area contributed by atoms with E-state index in [1.807, 2.05) is 91.3 Å². The standard InChI is InChI=1S/C26H24N2O2S2/c1-18-10-12-20(13-11-18)24(25(29)27-17-22-8-4-14-31-22)28(21-7-3-6-19(2)16-21)26(30)23-9-5-15-32-23/h3-16,24H,17H2,1-2H3,(H,27,29). The Balaban J connectivity index is 1.78. The number of thiophene rings is 2. The zero-order chi connectivity index (χ0) is 22.5. The molecule has 2 heterocycles. The lowest BCUT2D eigenvalue weighted by atomic mass is 10.0. The number of carbonyl (C=O) groups excluding carboxylic acids is 2. The van der Waals surface area contributed by atoms with E-state index in [9.17, 15) is 9.59 Å². The van der Waals surface area contributed by atoms with Gasteiger partial charge in [-0.15, -0.1) is 22.7 Å². The summed E-state index contributed by atoms with van der Waals surface area (Å²) in [4.78, 5) is 30.6. The van der Waals surface area contributed by atoms with Crippen molar-refractivity contribution < 1.29 is 9.59 Å². The third-order valence-corrected chi connectivity index (χ3v) is 6.88. The van der Waals surface area contributed by atoms with Crippen molar-refractivity contribution in [1.29, 1.82) is 0 Å². The molecular formula is C26H24N2O2S2. The number of carbonyl (C=O) groups is 2. The van der Waals surface area contributed by atoms with Gasteiger partial charge in [0.2, 0.25) is 5.91 Å². The summed E-state index contributed by atoms with van der Waals surface area (Å²) >= 11 is 2.97. The Morgan fingerprint density at radius 3 is 2.28 bits per heavy atom. The molecule has 0 radical (unpaired) electrons. The minimum absolute atomic E-state index is 0.192. The predicted octanol–water partition coefficient (Wildman–Crippen LogP) is 6.13. The fourth-order valence-electron chi connectivity index (χ4n) is 3.53. The van der Waals surface area contributed by atoms with Crippen LogP contribution in [0.25, 0.3) is 0 Å². The maximum Gasteiger partial charge on any atom is 0.269 e. The topological polar surface area (TPSA) is 49.4 Å². The highest BCUT2D eigenvalue weighted by Crippen LogP contribution is 2.31. The van der Waals surface area contributed by atoms with Crippen molar-refractivity contribution in [3.05, 3.63) is 110 Å². The molecule has 6 heteroatoms. The number of hydrogen-bond acceptors (Lipinski definition) is 4. The highest BCUT2D eigenvalue weighted by Gasteiger charge is 2.33. The van der Waals surface area contributed by atoms with E-state index in [0.717, 1.165) is 21.6 Å². The smallest absolute Gasteiger partial charge is 0.269 e. The van der Waals surface area contributed by atoms with Crippen molar-refractivity contribution in [2.45, 2.75) is 26.4 Å². The molecule has 4 nitrogen and oxygen atoms in total. The van der Waals surface area contributed by atoms with E-state index in [1.54, 1.807) is 22.3 Å². The lowest BCUT2D eigenvalue weighted by molar-refractivity contribution is -0.122. The lowest BCUT2D eigenvalue weighted by Gasteiger charge is -2.31. The van der Waals surface area contributed by atoms with Gasteiger partial charge in [-0.05, 0) is 60.0 Å². The van der Waals surface area contributed by atoms with Gasteiger partial charge in [0.1, 0.15) is 6.04 Å². The van der Waals surface area contributed by atoms with Gasteiger partial charge >= 0.3 is 0 Å². The third kappa shape index (κ3) is 4.98. The van der Waals surface area contributed by atoms with E-state index in [4.69, 9.17) is 0 Å². The molecule has 32 heavy (non-hydrogen) atoms. The molecule has 0 saturated carbocycles. The Bertz CT molecular complexity index is 1180. The molecule has 0 spiro atoms. The Labute approximate surface area is 196 Å². The van der Waals surface area contributed by atoms with Crippen LogP contribution in [0.1, 0.15) is 37.3 Å². The van der Waals surface area contributed by atoms with Crippen LogP contribution in [0, 0.1) is 13.8 Å². The maximum absolute atomic E-state index is 13.7. The van der Waals surface area contributed by atoms with Gasteiger partial charge in [0.15, 0.2) is 0 Å². The lowest BCUT2D eigenvalue weighted by Crippen LogP contribution is -2.43. The summed E-state index contributed by atoms with van der Waals surface area (Å²) in [6, 6.07) is 22.3. The second-order valence-electron chi connectivity index (χ2n) is 7.60. The quantitative estimate of drug-likeness (QED) is 0.361. The Kier molecular flexibility index (Phi) is 6.83. The number of nitrogens with one attached hydrogen (secondary N) is 1. The van der Waals surface area contributed by atoms with Crippen LogP contribution in [-0.4, -0.2) is 11.8 Å². The normalized spacial score (nSPS) is 11.7. The summed E-state index contributed by atoms with van der Waals surface area (Å²) in [5, 5.41) is 6.90. The Hall–Kier alpha value is -3.22. The van der Waals surface area contributed by atoms with Crippen molar-refractivity contribution in [2.75, 3.05) is 4.90 Å². The molecule has 2 aromatic heterocycles. The molecule has 0 saturated heterocycles. The molecule has 4 aromatic rings. The fourth-order valence-corrected chi connectivity index (χ4v) is 4.84. The first kappa shape index (κ1) is 22.0. The van der Waals surface area contributed by atoms with Gasteiger partial charge in [0, 0.05) is 10.6 Å². The average molecular weight is 461 g/mol. The highest BCUT2D eigenvalue weighted by atomic mass is 32.1. The first-order valence-corrected chi connectivity index (χ1v) is 12.1. The van der Waals surface area contributed by atoms with Crippen LogP contribution in [0.4, 0.5) is 5.69 Å². The zero-order valence-electron chi connectivity index (χ0n) is 17.9. The van der Waals surface area contributed by atoms with Crippen LogP contribution >= 0.6 is 22.7 Å². The SMILES string of the molecule is Cc1ccc(C(C(=O)NCc2cccs2)N(C(=O)c2cccs2)c2cccc(C)c2)cc1. The molecule has 4 rings (SSSR count). The van der Waals surface area contributed by atoms with E-state index in [1.165, 1.54) is 11.3 Å². The van der Waals surface area contributed by atoms with Crippen molar-refractivity contribution in [3.63, 3.8) is 0 Å². The number of amides is 2.